The van der Waals surface area contributed by atoms with E-state index in [0.29, 0.717) is 58.8 Å². The number of carbonyl (C=O) groups excluding carboxylic acids is 2. The Kier molecular flexibility index (Phi) is 11.2. The lowest BCUT2D eigenvalue weighted by atomic mass is 9.81. The lowest BCUT2D eigenvalue weighted by molar-refractivity contribution is -0.168. The molecule has 2 aliphatic rings. The van der Waals surface area contributed by atoms with Gasteiger partial charge in [0.1, 0.15) is 5.58 Å². The van der Waals surface area contributed by atoms with Crippen LogP contribution in [0.5, 0.6) is 0 Å². The van der Waals surface area contributed by atoms with Crippen LogP contribution in [0.3, 0.4) is 0 Å². The third-order valence-electron chi connectivity index (χ3n) is 7.07. The van der Waals surface area contributed by atoms with Gasteiger partial charge < -0.3 is 38.7 Å². The third kappa shape index (κ3) is 7.82. The Morgan fingerprint density at radius 3 is 2.77 bits per heavy atom. The maximum atomic E-state index is 13.2. The van der Waals surface area contributed by atoms with Gasteiger partial charge in [0, 0.05) is 62.1 Å². The molecule has 0 bridgehead atoms. The summed E-state index contributed by atoms with van der Waals surface area (Å²) >= 11 is 0. The van der Waals surface area contributed by atoms with Crippen LogP contribution >= 0.6 is 0 Å². The molecule has 0 aliphatic carbocycles. The molecule has 214 valence electrons. The molecule has 3 heterocycles. The molecule has 0 spiro atoms. The smallest absolute Gasteiger partial charge is 0.286 e. The van der Waals surface area contributed by atoms with Crippen molar-refractivity contribution in [3.05, 3.63) is 47.9 Å². The molecule has 10 heteroatoms. The number of hydrogen-bond donors (Lipinski definition) is 2. The first-order chi connectivity index (χ1) is 19.1. The van der Waals surface area contributed by atoms with Gasteiger partial charge in [-0.25, -0.2) is 0 Å². The number of carbonyl (C=O) groups is 2. The van der Waals surface area contributed by atoms with Crippen molar-refractivity contribution in [2.75, 3.05) is 59.3 Å². The summed E-state index contributed by atoms with van der Waals surface area (Å²) in [4.78, 5) is 26.8. The minimum absolute atomic E-state index is 0.0177. The number of fused-ring (bicyclic) bond motifs is 1. The summed E-state index contributed by atoms with van der Waals surface area (Å²) in [7, 11) is 0. The first kappa shape index (κ1) is 29.1. The molecule has 39 heavy (non-hydrogen) atoms. The zero-order valence-corrected chi connectivity index (χ0v) is 22.6. The van der Waals surface area contributed by atoms with Crippen molar-refractivity contribution in [3.8, 4) is 0 Å². The molecule has 2 N–H and O–H groups in total. The van der Waals surface area contributed by atoms with Gasteiger partial charge >= 0.3 is 0 Å². The number of allylic oxidation sites excluding steroid dienone is 1. The van der Waals surface area contributed by atoms with Crippen LogP contribution < -0.4 is 5.32 Å². The molecule has 3 atom stereocenters. The molecule has 4 rings (SSSR count). The van der Waals surface area contributed by atoms with E-state index in [9.17, 15) is 9.59 Å². The summed E-state index contributed by atoms with van der Waals surface area (Å²) in [6.07, 6.45) is 5.79. The number of benzene rings is 1. The van der Waals surface area contributed by atoms with Crippen molar-refractivity contribution in [2.24, 2.45) is 5.92 Å². The number of aliphatic hydroxyl groups excluding tert-OH is 1. The molecule has 1 fully saturated rings. The molecule has 1 aromatic carbocycles. The standard InChI is InChI=1S/C29H40N2O8/c1-2-37-29-22(10-15-35-17-18-36-16-14-32)23(24-20-38-25-8-4-3-7-21(24)25)19-26(39-29)28(34)30-11-6-13-31-12-5-9-27(31)33/h3-4,7-8,19-20,22-23,29,32H,2,5-6,9-18H2,1H3,(H,30,34)/t22-,23+,29-/m0/s1. The molecular formula is C29H40N2O8. The fraction of sp³-hybridized carbons (Fsp3) is 0.586. The second-order valence-electron chi connectivity index (χ2n) is 9.68. The van der Waals surface area contributed by atoms with Crippen LogP contribution in [0.25, 0.3) is 11.0 Å². The van der Waals surface area contributed by atoms with Crippen LogP contribution in [0, 0.1) is 5.92 Å². The molecule has 10 nitrogen and oxygen atoms in total. The maximum Gasteiger partial charge on any atom is 0.286 e. The number of ether oxygens (including phenoxy) is 4. The van der Waals surface area contributed by atoms with Crippen LogP contribution in [0.15, 0.2) is 46.8 Å². The van der Waals surface area contributed by atoms with Crippen molar-refractivity contribution in [1.82, 2.24) is 10.2 Å². The topological polar surface area (TPSA) is 120 Å². The lowest BCUT2D eigenvalue weighted by Crippen LogP contribution is -2.40. The number of rotatable bonds is 16. The SMILES string of the molecule is CCO[C@H]1OC(C(=O)NCCCN2CCCC2=O)=C[C@@H](c2coc3ccccc23)[C@@H]1CCOCCOCCO. The van der Waals surface area contributed by atoms with Crippen molar-refractivity contribution in [2.45, 2.75) is 44.8 Å². The van der Waals surface area contributed by atoms with E-state index in [4.69, 9.17) is 28.5 Å². The number of likely N-dealkylation sites (tertiary alicyclic amines) is 1. The Bertz CT molecular complexity index is 1100. The highest BCUT2D eigenvalue weighted by atomic mass is 16.7. The van der Waals surface area contributed by atoms with Crippen LogP contribution in [0.4, 0.5) is 0 Å². The number of hydrogen-bond acceptors (Lipinski definition) is 8. The number of furan rings is 1. The van der Waals surface area contributed by atoms with Crippen molar-refractivity contribution < 1.29 is 38.1 Å². The van der Waals surface area contributed by atoms with Gasteiger partial charge in [0.2, 0.25) is 12.2 Å². The van der Waals surface area contributed by atoms with E-state index in [1.165, 1.54) is 0 Å². The summed E-state index contributed by atoms with van der Waals surface area (Å²) in [5, 5.41) is 12.8. The zero-order chi connectivity index (χ0) is 27.5. The molecule has 0 unspecified atom stereocenters. The third-order valence-corrected chi connectivity index (χ3v) is 7.07. The number of para-hydroxylation sites is 1. The Morgan fingerprint density at radius 1 is 1.18 bits per heavy atom. The Morgan fingerprint density at radius 2 is 2.00 bits per heavy atom. The fourth-order valence-corrected chi connectivity index (χ4v) is 5.16. The highest BCUT2D eigenvalue weighted by Crippen LogP contribution is 2.41. The van der Waals surface area contributed by atoms with E-state index in [0.717, 1.165) is 29.5 Å². The van der Waals surface area contributed by atoms with Crippen LogP contribution in [0.2, 0.25) is 0 Å². The number of nitrogens with one attached hydrogen (secondary N) is 1. The second kappa shape index (κ2) is 15.0. The number of amides is 2. The quantitative estimate of drug-likeness (QED) is 0.310. The van der Waals surface area contributed by atoms with Gasteiger partial charge in [-0.3, -0.25) is 9.59 Å². The van der Waals surface area contributed by atoms with E-state index < -0.39 is 6.29 Å². The molecule has 2 aromatic rings. The Labute approximate surface area is 229 Å². The minimum atomic E-state index is -0.643. The summed E-state index contributed by atoms with van der Waals surface area (Å²) in [6.45, 7) is 5.74. The predicted octanol–water partition coefficient (Wildman–Crippen LogP) is 2.95. The molecule has 2 amide bonds. The normalized spacial score (nSPS) is 21.3. The average molecular weight is 545 g/mol. The van der Waals surface area contributed by atoms with Crippen LogP contribution in [-0.4, -0.2) is 87.4 Å². The fourth-order valence-electron chi connectivity index (χ4n) is 5.16. The number of nitrogens with zero attached hydrogens (tertiary/aromatic N) is 1. The monoisotopic (exact) mass is 544 g/mol. The van der Waals surface area contributed by atoms with E-state index in [1.807, 2.05) is 42.2 Å². The van der Waals surface area contributed by atoms with E-state index in [1.54, 1.807) is 6.26 Å². The Hall–Kier alpha value is -2.92. The van der Waals surface area contributed by atoms with Gasteiger partial charge in [-0.1, -0.05) is 18.2 Å². The first-order valence-electron chi connectivity index (χ1n) is 13.9. The van der Waals surface area contributed by atoms with Crippen LogP contribution in [-0.2, 0) is 28.5 Å². The van der Waals surface area contributed by atoms with Gasteiger partial charge in [-0.2, -0.15) is 0 Å². The van der Waals surface area contributed by atoms with E-state index in [2.05, 4.69) is 5.32 Å². The molecule has 2 aliphatic heterocycles. The summed E-state index contributed by atoms with van der Waals surface area (Å²) in [5.74, 6) is -0.225. The van der Waals surface area contributed by atoms with E-state index >= 15 is 0 Å². The molecule has 1 saturated heterocycles. The van der Waals surface area contributed by atoms with Crippen LogP contribution in [0.1, 0.15) is 44.1 Å². The summed E-state index contributed by atoms with van der Waals surface area (Å²) in [5.41, 5.74) is 1.74. The Balaban J connectivity index is 1.46. The summed E-state index contributed by atoms with van der Waals surface area (Å²) in [6, 6.07) is 7.83. The molecule has 0 saturated carbocycles. The van der Waals surface area contributed by atoms with Gasteiger partial charge in [-0.15, -0.1) is 0 Å². The zero-order valence-electron chi connectivity index (χ0n) is 22.6. The first-order valence-corrected chi connectivity index (χ1v) is 13.9. The maximum absolute atomic E-state index is 13.2. The minimum Gasteiger partial charge on any atom is -0.464 e. The molecular weight excluding hydrogens is 504 g/mol. The highest BCUT2D eigenvalue weighted by molar-refractivity contribution is 5.92. The van der Waals surface area contributed by atoms with Gasteiger partial charge in [0.05, 0.1) is 32.7 Å². The van der Waals surface area contributed by atoms with Gasteiger partial charge in [-0.05, 0) is 38.3 Å². The van der Waals surface area contributed by atoms with Crippen molar-refractivity contribution >= 4 is 22.8 Å². The van der Waals surface area contributed by atoms with Crippen molar-refractivity contribution in [1.29, 1.82) is 0 Å². The van der Waals surface area contributed by atoms with Gasteiger partial charge in [0.15, 0.2) is 5.76 Å². The predicted molar refractivity (Wildman–Crippen MR) is 144 cm³/mol. The summed E-state index contributed by atoms with van der Waals surface area (Å²) < 4.78 is 29.0. The number of aliphatic hydroxyl groups is 1. The van der Waals surface area contributed by atoms with Crippen molar-refractivity contribution in [3.63, 3.8) is 0 Å². The molecule has 0 radical (unpaired) electrons. The lowest BCUT2D eigenvalue weighted by Gasteiger charge is -2.36. The molecule has 1 aromatic heterocycles. The second-order valence-corrected chi connectivity index (χ2v) is 9.68. The largest absolute Gasteiger partial charge is 0.464 e. The van der Waals surface area contributed by atoms with Gasteiger partial charge in [0.25, 0.3) is 5.91 Å². The van der Waals surface area contributed by atoms with E-state index in [-0.39, 0.29) is 42.6 Å². The average Bonchev–Trinajstić information content (AvgIpc) is 3.56. The highest BCUT2D eigenvalue weighted by Gasteiger charge is 2.39.